The lowest BCUT2D eigenvalue weighted by molar-refractivity contribution is -0.142. The molecule has 0 aromatic heterocycles. The predicted molar refractivity (Wildman–Crippen MR) is 64.5 cm³/mol. The maximum Gasteiger partial charge on any atom is 0.320 e. The highest BCUT2D eigenvalue weighted by Gasteiger charge is 2.34. The molecule has 1 heterocycles. The van der Waals surface area contributed by atoms with E-state index in [1.54, 1.807) is 0 Å². The summed E-state index contributed by atoms with van der Waals surface area (Å²) in [7, 11) is 1.95. The summed E-state index contributed by atoms with van der Waals surface area (Å²) in [6, 6.07) is 0.0469. The number of carboxylic acids is 1. The zero-order valence-corrected chi connectivity index (χ0v) is 10.8. The Morgan fingerprint density at radius 1 is 1.56 bits per heavy atom. The molecule has 1 saturated heterocycles. The van der Waals surface area contributed by atoms with Crippen LogP contribution < -0.4 is 5.32 Å². The number of likely N-dealkylation sites (N-methyl/N-ethyl adjacent to an activating group) is 1. The first-order valence-corrected chi connectivity index (χ1v) is 6.00. The number of nitrogens with zero attached hydrogens (tertiary/aromatic N) is 1. The number of likely N-dealkylation sites (tertiary alicyclic amines) is 1. The molecule has 0 aromatic carbocycles. The Morgan fingerprint density at radius 2 is 2.19 bits per heavy atom. The molecule has 0 aromatic rings. The fourth-order valence-electron chi connectivity index (χ4n) is 2.36. The van der Waals surface area contributed by atoms with Gasteiger partial charge in [0.1, 0.15) is 6.04 Å². The van der Waals surface area contributed by atoms with E-state index in [-0.39, 0.29) is 11.5 Å². The molecule has 94 valence electrons. The van der Waals surface area contributed by atoms with Gasteiger partial charge in [-0.25, -0.2) is 0 Å². The van der Waals surface area contributed by atoms with Crippen LogP contribution in [0.1, 0.15) is 33.6 Å². The molecule has 2 unspecified atom stereocenters. The van der Waals surface area contributed by atoms with E-state index < -0.39 is 5.97 Å². The van der Waals surface area contributed by atoms with Gasteiger partial charge < -0.3 is 10.4 Å². The fourth-order valence-corrected chi connectivity index (χ4v) is 2.36. The molecule has 1 rings (SSSR count). The molecule has 0 saturated carbocycles. The predicted octanol–water partition coefficient (Wildman–Crippen LogP) is 1.17. The van der Waals surface area contributed by atoms with Crippen molar-refractivity contribution in [2.45, 2.75) is 45.7 Å². The quantitative estimate of drug-likeness (QED) is 0.758. The van der Waals surface area contributed by atoms with E-state index in [0.29, 0.717) is 6.04 Å². The van der Waals surface area contributed by atoms with Gasteiger partial charge in [-0.2, -0.15) is 0 Å². The minimum atomic E-state index is -0.679. The van der Waals surface area contributed by atoms with E-state index in [1.807, 2.05) is 7.05 Å². The molecule has 4 nitrogen and oxygen atoms in total. The third kappa shape index (κ3) is 3.19. The molecule has 16 heavy (non-hydrogen) atoms. The molecule has 0 radical (unpaired) electrons. The number of aliphatic carboxylic acids is 1. The van der Waals surface area contributed by atoms with E-state index in [4.69, 9.17) is 5.11 Å². The summed E-state index contributed by atoms with van der Waals surface area (Å²) >= 11 is 0. The molecular formula is C12H24N2O2. The number of carbonyl (C=O) groups is 1. The largest absolute Gasteiger partial charge is 0.480 e. The van der Waals surface area contributed by atoms with E-state index in [1.165, 1.54) is 0 Å². The maximum absolute atomic E-state index is 11.1. The molecular weight excluding hydrogens is 204 g/mol. The van der Waals surface area contributed by atoms with Crippen molar-refractivity contribution in [3.8, 4) is 0 Å². The molecule has 0 aliphatic carbocycles. The zero-order chi connectivity index (χ0) is 12.3. The fraction of sp³-hybridized carbons (Fsp3) is 0.917. The lowest BCUT2D eigenvalue weighted by Gasteiger charge is -2.35. The van der Waals surface area contributed by atoms with Crippen molar-refractivity contribution in [2.24, 2.45) is 5.41 Å². The highest BCUT2D eigenvalue weighted by molar-refractivity contribution is 5.73. The Hall–Kier alpha value is -0.610. The number of hydrogen-bond donors (Lipinski definition) is 2. The molecule has 0 amide bonds. The van der Waals surface area contributed by atoms with E-state index in [2.05, 4.69) is 31.0 Å². The zero-order valence-electron chi connectivity index (χ0n) is 10.8. The van der Waals surface area contributed by atoms with Crippen LogP contribution in [0.3, 0.4) is 0 Å². The summed E-state index contributed by atoms with van der Waals surface area (Å²) in [5.74, 6) is -0.679. The Labute approximate surface area is 98.0 Å². The van der Waals surface area contributed by atoms with Crippen molar-refractivity contribution >= 4 is 5.97 Å². The van der Waals surface area contributed by atoms with Gasteiger partial charge in [-0.05, 0) is 31.8 Å². The lowest BCUT2D eigenvalue weighted by Crippen LogP contribution is -2.49. The third-order valence-electron chi connectivity index (χ3n) is 3.46. The molecule has 0 bridgehead atoms. The molecule has 1 fully saturated rings. The first-order valence-electron chi connectivity index (χ1n) is 6.00. The molecule has 1 aliphatic rings. The Bertz CT molecular complexity index is 248. The summed E-state index contributed by atoms with van der Waals surface area (Å²) in [5.41, 5.74) is 0.153. The van der Waals surface area contributed by atoms with Crippen molar-refractivity contribution in [3.05, 3.63) is 0 Å². The van der Waals surface area contributed by atoms with Gasteiger partial charge >= 0.3 is 5.97 Å². The van der Waals surface area contributed by atoms with Gasteiger partial charge in [0.05, 0.1) is 0 Å². The second kappa shape index (κ2) is 5.15. The van der Waals surface area contributed by atoms with Gasteiger partial charge in [0.15, 0.2) is 0 Å². The SMILES string of the molecule is CNC(CN1CCCC1C(=O)O)C(C)(C)C. The van der Waals surface area contributed by atoms with Crippen LogP contribution in [0, 0.1) is 5.41 Å². The highest BCUT2D eigenvalue weighted by atomic mass is 16.4. The average molecular weight is 228 g/mol. The highest BCUT2D eigenvalue weighted by Crippen LogP contribution is 2.24. The second-order valence-electron chi connectivity index (χ2n) is 5.70. The van der Waals surface area contributed by atoms with E-state index >= 15 is 0 Å². The third-order valence-corrected chi connectivity index (χ3v) is 3.46. The number of nitrogens with one attached hydrogen (secondary N) is 1. The van der Waals surface area contributed by atoms with Crippen LogP contribution in [-0.4, -0.2) is 48.2 Å². The maximum atomic E-state index is 11.1. The normalized spacial score (nSPS) is 24.6. The molecule has 1 aliphatic heterocycles. The van der Waals surface area contributed by atoms with Crippen LogP contribution in [0.4, 0.5) is 0 Å². The summed E-state index contributed by atoms with van der Waals surface area (Å²) in [6.45, 7) is 8.27. The smallest absolute Gasteiger partial charge is 0.320 e. The van der Waals surface area contributed by atoms with Gasteiger partial charge in [0.25, 0.3) is 0 Å². The van der Waals surface area contributed by atoms with Gasteiger partial charge in [-0.3, -0.25) is 9.69 Å². The van der Waals surface area contributed by atoms with Gasteiger partial charge in [-0.1, -0.05) is 20.8 Å². The Balaban J connectivity index is 2.61. The van der Waals surface area contributed by atoms with Crippen LogP contribution in [0.2, 0.25) is 0 Å². The van der Waals surface area contributed by atoms with Crippen LogP contribution in [-0.2, 0) is 4.79 Å². The van der Waals surface area contributed by atoms with Crippen molar-refractivity contribution in [3.63, 3.8) is 0 Å². The first-order chi connectivity index (χ1) is 7.36. The van der Waals surface area contributed by atoms with E-state index in [9.17, 15) is 4.79 Å². The van der Waals surface area contributed by atoms with Crippen molar-refractivity contribution < 1.29 is 9.90 Å². The monoisotopic (exact) mass is 228 g/mol. The molecule has 4 heteroatoms. The second-order valence-corrected chi connectivity index (χ2v) is 5.70. The van der Waals surface area contributed by atoms with Crippen molar-refractivity contribution in [2.75, 3.05) is 20.1 Å². The van der Waals surface area contributed by atoms with Crippen LogP contribution in [0.15, 0.2) is 0 Å². The minimum Gasteiger partial charge on any atom is -0.480 e. The standard InChI is InChI=1S/C12H24N2O2/c1-12(2,3)10(13-4)8-14-7-5-6-9(14)11(15)16/h9-10,13H,5-8H2,1-4H3,(H,15,16). The van der Waals surface area contributed by atoms with E-state index in [0.717, 1.165) is 25.9 Å². The minimum absolute atomic E-state index is 0.153. The lowest BCUT2D eigenvalue weighted by atomic mass is 9.86. The number of hydrogen-bond acceptors (Lipinski definition) is 3. The first kappa shape index (κ1) is 13.5. The van der Waals surface area contributed by atoms with Gasteiger partial charge in [-0.15, -0.1) is 0 Å². The average Bonchev–Trinajstić information content (AvgIpc) is 2.59. The van der Waals surface area contributed by atoms with Crippen LogP contribution in [0.25, 0.3) is 0 Å². The summed E-state index contributed by atoms with van der Waals surface area (Å²) in [4.78, 5) is 13.2. The van der Waals surface area contributed by atoms with Crippen LogP contribution in [0.5, 0.6) is 0 Å². The summed E-state index contributed by atoms with van der Waals surface area (Å²) in [5, 5.41) is 12.4. The summed E-state index contributed by atoms with van der Waals surface area (Å²) in [6.07, 6.45) is 1.79. The number of rotatable bonds is 4. The molecule has 2 N–H and O–H groups in total. The Morgan fingerprint density at radius 3 is 2.62 bits per heavy atom. The summed E-state index contributed by atoms with van der Waals surface area (Å²) < 4.78 is 0. The van der Waals surface area contributed by atoms with Crippen molar-refractivity contribution in [1.29, 1.82) is 0 Å². The number of carboxylic acid groups (broad SMARTS) is 1. The Kier molecular flexibility index (Phi) is 4.33. The molecule has 2 atom stereocenters. The van der Waals surface area contributed by atoms with Gasteiger partial charge in [0, 0.05) is 12.6 Å². The topological polar surface area (TPSA) is 52.6 Å². The van der Waals surface area contributed by atoms with Gasteiger partial charge in [0.2, 0.25) is 0 Å². The van der Waals surface area contributed by atoms with Crippen LogP contribution >= 0.6 is 0 Å². The molecule has 0 spiro atoms. The van der Waals surface area contributed by atoms with Crippen molar-refractivity contribution in [1.82, 2.24) is 10.2 Å².